The summed E-state index contributed by atoms with van der Waals surface area (Å²) < 4.78 is 0. The van der Waals surface area contributed by atoms with Gasteiger partial charge in [0.05, 0.1) is 6.04 Å². The van der Waals surface area contributed by atoms with Gasteiger partial charge in [0.25, 0.3) is 0 Å². The smallest absolute Gasteiger partial charge is 0.405 e. The second-order valence-corrected chi connectivity index (χ2v) is 1.70. The van der Waals surface area contributed by atoms with Gasteiger partial charge in [0, 0.05) is 0 Å². The van der Waals surface area contributed by atoms with Gasteiger partial charge in [-0.25, -0.2) is 4.79 Å². The lowest BCUT2D eigenvalue weighted by Gasteiger charge is -2.07. The van der Waals surface area contributed by atoms with E-state index in [0.29, 0.717) is 0 Å². The Balaban J connectivity index is 3.85. The van der Waals surface area contributed by atoms with Gasteiger partial charge in [0.1, 0.15) is 0 Å². The Hall–Kier alpha value is -1.46. The van der Waals surface area contributed by atoms with Gasteiger partial charge in [0.15, 0.2) is 5.84 Å². The topological polar surface area (TPSA) is 108 Å². The molecule has 1 atom stereocenters. The van der Waals surface area contributed by atoms with Crippen molar-refractivity contribution >= 4 is 11.9 Å². The fraction of sp³-hybridized carbons (Fsp3) is 0.500. The van der Waals surface area contributed by atoms with E-state index in [1.54, 1.807) is 0 Å². The predicted octanol–water partition coefficient (Wildman–Crippen LogP) is -0.611. The number of rotatable bonds is 2. The Bertz CT molecular complexity index is 156. The zero-order valence-corrected chi connectivity index (χ0v) is 5.40. The maximum atomic E-state index is 9.93. The van der Waals surface area contributed by atoms with Crippen molar-refractivity contribution in [1.29, 1.82) is 0 Å². The number of nitrogens with one attached hydrogen (secondary N) is 1. The third-order valence-corrected chi connectivity index (χ3v) is 0.899. The third-order valence-electron chi connectivity index (χ3n) is 0.899. The highest BCUT2D eigenvalue weighted by Crippen LogP contribution is 1.80. The average molecular weight is 147 g/mol. The lowest BCUT2D eigenvalue weighted by atomic mass is 10.3. The number of hydrogen-bond acceptors (Lipinski definition) is 3. The minimum Gasteiger partial charge on any atom is -0.465 e. The number of amidine groups is 1. The van der Waals surface area contributed by atoms with Crippen LogP contribution in [0.3, 0.4) is 0 Å². The Morgan fingerprint density at radius 3 is 2.60 bits per heavy atom. The maximum Gasteiger partial charge on any atom is 0.405 e. The van der Waals surface area contributed by atoms with Crippen molar-refractivity contribution in [2.45, 2.75) is 13.0 Å². The standard InChI is InChI=1S/C4H9N3O3/c1-2(3(5)7-10)6-4(8)9/h2,6,10H,1H3,(H2,5,7)(H,8,9)/t2-/m0/s1. The van der Waals surface area contributed by atoms with E-state index in [9.17, 15) is 4.79 Å². The fourth-order valence-electron chi connectivity index (χ4n) is 0.346. The molecule has 6 heteroatoms. The Kier molecular flexibility index (Phi) is 3.03. The van der Waals surface area contributed by atoms with E-state index in [4.69, 9.17) is 16.0 Å². The van der Waals surface area contributed by atoms with E-state index in [1.807, 2.05) is 5.32 Å². The number of nitrogens with two attached hydrogens (primary N) is 1. The van der Waals surface area contributed by atoms with Crippen molar-refractivity contribution in [3.05, 3.63) is 0 Å². The first-order valence-electron chi connectivity index (χ1n) is 2.54. The molecule has 0 aromatic carbocycles. The van der Waals surface area contributed by atoms with Gasteiger partial charge in [-0.3, -0.25) is 0 Å². The monoisotopic (exact) mass is 147 g/mol. The Morgan fingerprint density at radius 2 is 2.30 bits per heavy atom. The number of nitrogens with zero attached hydrogens (tertiary/aromatic N) is 1. The summed E-state index contributed by atoms with van der Waals surface area (Å²) in [6.07, 6.45) is -1.21. The SMILES string of the molecule is C[C@H](NC(=O)O)/C(N)=N\O. The molecule has 0 rings (SSSR count). The van der Waals surface area contributed by atoms with Crippen LogP contribution in [0, 0.1) is 0 Å². The quantitative estimate of drug-likeness (QED) is 0.181. The van der Waals surface area contributed by atoms with Gasteiger partial charge >= 0.3 is 6.09 Å². The van der Waals surface area contributed by atoms with Crippen molar-refractivity contribution in [3.63, 3.8) is 0 Å². The predicted molar refractivity (Wildman–Crippen MR) is 34.0 cm³/mol. The van der Waals surface area contributed by atoms with Gasteiger partial charge < -0.3 is 21.4 Å². The van der Waals surface area contributed by atoms with Crippen molar-refractivity contribution in [3.8, 4) is 0 Å². The maximum absolute atomic E-state index is 9.93. The summed E-state index contributed by atoms with van der Waals surface area (Å²) in [7, 11) is 0. The van der Waals surface area contributed by atoms with Crippen LogP contribution < -0.4 is 11.1 Å². The summed E-state index contributed by atoms with van der Waals surface area (Å²) in [5.41, 5.74) is 5.04. The Labute approximate surface area is 57.3 Å². The minimum absolute atomic E-state index is 0.164. The molecule has 0 aliphatic heterocycles. The van der Waals surface area contributed by atoms with Crippen LogP contribution in [0.15, 0.2) is 5.16 Å². The molecule has 0 spiro atoms. The van der Waals surface area contributed by atoms with Gasteiger partial charge in [-0.2, -0.15) is 0 Å². The number of hydrogen-bond donors (Lipinski definition) is 4. The first kappa shape index (κ1) is 8.54. The molecule has 0 aromatic heterocycles. The lowest BCUT2D eigenvalue weighted by Crippen LogP contribution is -2.41. The zero-order chi connectivity index (χ0) is 8.15. The minimum atomic E-state index is -1.21. The molecule has 0 unspecified atom stereocenters. The number of carbonyl (C=O) groups is 1. The molecule has 0 aliphatic carbocycles. The summed E-state index contributed by atoms with van der Waals surface area (Å²) in [6, 6.07) is -0.664. The molecule has 10 heavy (non-hydrogen) atoms. The van der Waals surface area contributed by atoms with E-state index in [-0.39, 0.29) is 5.84 Å². The average Bonchev–Trinajstić information content (AvgIpc) is 1.85. The van der Waals surface area contributed by atoms with Crippen LogP contribution >= 0.6 is 0 Å². The molecule has 0 saturated carbocycles. The molecule has 0 bridgehead atoms. The van der Waals surface area contributed by atoms with Crippen LogP contribution in [0.25, 0.3) is 0 Å². The molecule has 0 fully saturated rings. The molecule has 6 nitrogen and oxygen atoms in total. The highest BCUT2D eigenvalue weighted by atomic mass is 16.4. The lowest BCUT2D eigenvalue weighted by molar-refractivity contribution is 0.193. The summed E-state index contributed by atoms with van der Waals surface area (Å²) in [5.74, 6) is -0.164. The van der Waals surface area contributed by atoms with Crippen molar-refractivity contribution in [2.75, 3.05) is 0 Å². The van der Waals surface area contributed by atoms with E-state index >= 15 is 0 Å². The Morgan fingerprint density at radius 1 is 1.80 bits per heavy atom. The van der Waals surface area contributed by atoms with Crippen molar-refractivity contribution in [2.24, 2.45) is 10.9 Å². The molecule has 1 amide bonds. The van der Waals surface area contributed by atoms with Crippen LogP contribution in [-0.2, 0) is 0 Å². The third kappa shape index (κ3) is 2.75. The van der Waals surface area contributed by atoms with Gasteiger partial charge in [-0.05, 0) is 6.92 Å². The number of oxime groups is 1. The first-order chi connectivity index (χ1) is 4.57. The zero-order valence-electron chi connectivity index (χ0n) is 5.40. The van der Waals surface area contributed by atoms with Crippen LogP contribution in [0.1, 0.15) is 6.92 Å². The highest BCUT2D eigenvalue weighted by molar-refractivity contribution is 5.87. The van der Waals surface area contributed by atoms with Crippen molar-refractivity contribution in [1.82, 2.24) is 5.32 Å². The van der Waals surface area contributed by atoms with E-state index in [2.05, 4.69) is 5.16 Å². The number of amides is 1. The molecule has 0 aromatic rings. The van der Waals surface area contributed by atoms with Gasteiger partial charge in [0.2, 0.25) is 0 Å². The molecular formula is C4H9N3O3. The van der Waals surface area contributed by atoms with Crippen LogP contribution in [-0.4, -0.2) is 28.3 Å². The van der Waals surface area contributed by atoms with Crippen LogP contribution in [0.4, 0.5) is 4.79 Å². The fourth-order valence-corrected chi connectivity index (χ4v) is 0.346. The molecule has 0 aliphatic rings. The van der Waals surface area contributed by atoms with Gasteiger partial charge in [-0.1, -0.05) is 5.16 Å². The van der Waals surface area contributed by atoms with E-state index < -0.39 is 12.1 Å². The summed E-state index contributed by atoms with van der Waals surface area (Å²) in [6.45, 7) is 1.46. The molecule has 5 N–H and O–H groups in total. The van der Waals surface area contributed by atoms with Crippen molar-refractivity contribution < 1.29 is 15.1 Å². The largest absolute Gasteiger partial charge is 0.465 e. The van der Waals surface area contributed by atoms with Gasteiger partial charge in [-0.15, -0.1) is 0 Å². The normalized spacial score (nSPS) is 14.3. The second-order valence-electron chi connectivity index (χ2n) is 1.70. The van der Waals surface area contributed by atoms with E-state index in [1.165, 1.54) is 6.92 Å². The second kappa shape index (κ2) is 3.54. The van der Waals surface area contributed by atoms with Crippen LogP contribution in [0.5, 0.6) is 0 Å². The molecular weight excluding hydrogens is 138 g/mol. The van der Waals surface area contributed by atoms with Crippen LogP contribution in [0.2, 0.25) is 0 Å². The molecule has 58 valence electrons. The summed E-state index contributed by atoms with van der Waals surface area (Å²) in [4.78, 5) is 9.93. The molecule has 0 radical (unpaired) electrons. The number of carboxylic acid groups (broad SMARTS) is 1. The first-order valence-corrected chi connectivity index (χ1v) is 2.54. The summed E-state index contributed by atoms with van der Waals surface area (Å²) in [5, 5.41) is 20.8. The summed E-state index contributed by atoms with van der Waals surface area (Å²) >= 11 is 0. The highest BCUT2D eigenvalue weighted by Gasteiger charge is 2.08. The molecule has 0 heterocycles. The molecule has 0 saturated heterocycles. The van der Waals surface area contributed by atoms with E-state index in [0.717, 1.165) is 0 Å².